The van der Waals surface area contributed by atoms with Gasteiger partial charge in [-0.15, -0.1) is 0 Å². The van der Waals surface area contributed by atoms with Gasteiger partial charge in [0.25, 0.3) is 21.8 Å². The standard InChI is InChI=1S/C25H27N3O4S/c1-3-4-18-26-24(29)20-14-8-10-16-22(20)27-25(30)21-15-9-11-17-23(21)28(2)33(31,32)19-12-6-5-7-13-19/h5-17H,3-4,18H2,1-2H3,(H,26,29)(H,27,30). The van der Waals surface area contributed by atoms with Gasteiger partial charge >= 0.3 is 0 Å². The van der Waals surface area contributed by atoms with Crippen LogP contribution in [0.4, 0.5) is 11.4 Å². The van der Waals surface area contributed by atoms with E-state index in [0.717, 1.165) is 17.1 Å². The van der Waals surface area contributed by atoms with E-state index in [-0.39, 0.29) is 22.1 Å². The molecule has 8 heteroatoms. The summed E-state index contributed by atoms with van der Waals surface area (Å²) in [6.45, 7) is 2.58. The monoisotopic (exact) mass is 465 g/mol. The Bertz CT molecular complexity index is 1230. The molecule has 33 heavy (non-hydrogen) atoms. The van der Waals surface area contributed by atoms with Crippen LogP contribution < -0.4 is 14.9 Å². The van der Waals surface area contributed by atoms with Gasteiger partial charge in [-0.05, 0) is 42.8 Å². The van der Waals surface area contributed by atoms with Crippen molar-refractivity contribution in [3.05, 3.63) is 90.0 Å². The van der Waals surface area contributed by atoms with Gasteiger partial charge in [-0.25, -0.2) is 8.42 Å². The Balaban J connectivity index is 1.88. The summed E-state index contributed by atoms with van der Waals surface area (Å²) in [5.74, 6) is -0.800. The number of amides is 2. The van der Waals surface area contributed by atoms with Crippen LogP contribution in [0.3, 0.4) is 0 Å². The molecular formula is C25H27N3O4S. The van der Waals surface area contributed by atoms with E-state index in [1.807, 2.05) is 6.92 Å². The number of sulfonamides is 1. The van der Waals surface area contributed by atoms with Crippen molar-refractivity contribution in [2.75, 3.05) is 23.2 Å². The lowest BCUT2D eigenvalue weighted by Gasteiger charge is -2.22. The lowest BCUT2D eigenvalue weighted by Crippen LogP contribution is -2.29. The van der Waals surface area contributed by atoms with Crippen molar-refractivity contribution < 1.29 is 18.0 Å². The molecule has 0 unspecified atom stereocenters. The maximum absolute atomic E-state index is 13.2. The fraction of sp³-hybridized carbons (Fsp3) is 0.200. The fourth-order valence-corrected chi connectivity index (χ4v) is 4.51. The van der Waals surface area contributed by atoms with Gasteiger partial charge < -0.3 is 10.6 Å². The van der Waals surface area contributed by atoms with Gasteiger partial charge in [0.15, 0.2) is 0 Å². The first-order valence-corrected chi connectivity index (χ1v) is 12.1. The topological polar surface area (TPSA) is 95.6 Å². The molecule has 2 N–H and O–H groups in total. The number of nitrogens with zero attached hydrogens (tertiary/aromatic N) is 1. The molecule has 0 aliphatic rings. The summed E-state index contributed by atoms with van der Waals surface area (Å²) in [7, 11) is -2.46. The number of benzene rings is 3. The summed E-state index contributed by atoms with van der Waals surface area (Å²) in [5, 5.41) is 5.61. The fourth-order valence-electron chi connectivity index (χ4n) is 3.27. The third-order valence-corrected chi connectivity index (χ3v) is 6.91. The van der Waals surface area contributed by atoms with Crippen molar-refractivity contribution in [1.29, 1.82) is 0 Å². The Hall–Kier alpha value is -3.65. The lowest BCUT2D eigenvalue weighted by molar-refractivity contribution is 0.0954. The number of anilines is 2. The Morgan fingerprint density at radius 3 is 2.12 bits per heavy atom. The average Bonchev–Trinajstić information content (AvgIpc) is 2.84. The van der Waals surface area contributed by atoms with Gasteiger partial charge in [-0.1, -0.05) is 55.8 Å². The van der Waals surface area contributed by atoms with Crippen LogP contribution in [0.2, 0.25) is 0 Å². The maximum atomic E-state index is 13.2. The van der Waals surface area contributed by atoms with E-state index in [1.54, 1.807) is 66.7 Å². The quantitative estimate of drug-likeness (QED) is 0.461. The molecule has 0 aliphatic carbocycles. The summed E-state index contributed by atoms with van der Waals surface area (Å²) >= 11 is 0. The largest absolute Gasteiger partial charge is 0.352 e. The minimum atomic E-state index is -3.87. The van der Waals surface area contributed by atoms with E-state index in [1.165, 1.54) is 19.2 Å². The van der Waals surface area contributed by atoms with Crippen LogP contribution in [0.1, 0.15) is 40.5 Å². The highest BCUT2D eigenvalue weighted by atomic mass is 32.2. The van der Waals surface area contributed by atoms with Crippen LogP contribution >= 0.6 is 0 Å². The Labute approximate surface area is 194 Å². The second-order valence-electron chi connectivity index (χ2n) is 7.41. The highest BCUT2D eigenvalue weighted by Gasteiger charge is 2.25. The van der Waals surface area contributed by atoms with Gasteiger partial charge in [0.1, 0.15) is 0 Å². The number of carbonyl (C=O) groups excluding carboxylic acids is 2. The molecule has 3 aromatic carbocycles. The molecule has 0 atom stereocenters. The van der Waals surface area contributed by atoms with Crippen molar-refractivity contribution in [2.24, 2.45) is 0 Å². The lowest BCUT2D eigenvalue weighted by atomic mass is 10.1. The minimum Gasteiger partial charge on any atom is -0.352 e. The molecule has 7 nitrogen and oxygen atoms in total. The predicted octanol–water partition coefficient (Wildman–Crippen LogP) is 4.29. The van der Waals surface area contributed by atoms with E-state index in [9.17, 15) is 18.0 Å². The molecule has 0 aliphatic heterocycles. The summed E-state index contributed by atoms with van der Waals surface area (Å²) in [6, 6.07) is 21.2. The van der Waals surface area contributed by atoms with Crippen LogP contribution in [0.5, 0.6) is 0 Å². The zero-order valence-electron chi connectivity index (χ0n) is 18.6. The molecule has 0 saturated carbocycles. The van der Waals surface area contributed by atoms with E-state index in [2.05, 4.69) is 10.6 Å². The number of hydrogen-bond acceptors (Lipinski definition) is 4. The van der Waals surface area contributed by atoms with Crippen LogP contribution in [-0.4, -0.2) is 33.8 Å². The second kappa shape index (κ2) is 10.8. The van der Waals surface area contributed by atoms with Crippen LogP contribution in [0.25, 0.3) is 0 Å². The minimum absolute atomic E-state index is 0.122. The molecule has 0 fully saturated rings. The van der Waals surface area contributed by atoms with Crippen LogP contribution in [0.15, 0.2) is 83.8 Å². The van der Waals surface area contributed by atoms with E-state index >= 15 is 0 Å². The molecular weight excluding hydrogens is 438 g/mol. The van der Waals surface area contributed by atoms with Gasteiger partial charge in [0, 0.05) is 13.6 Å². The molecule has 0 spiro atoms. The average molecular weight is 466 g/mol. The van der Waals surface area contributed by atoms with Crippen molar-refractivity contribution >= 4 is 33.2 Å². The normalized spacial score (nSPS) is 11.0. The van der Waals surface area contributed by atoms with Crippen molar-refractivity contribution in [2.45, 2.75) is 24.7 Å². The van der Waals surface area contributed by atoms with E-state index < -0.39 is 15.9 Å². The first kappa shape index (κ1) is 24.0. The van der Waals surface area contributed by atoms with E-state index in [0.29, 0.717) is 17.8 Å². The summed E-state index contributed by atoms with van der Waals surface area (Å²) in [5.41, 5.74) is 1.08. The number of para-hydroxylation sites is 2. The number of carbonyl (C=O) groups is 2. The third kappa shape index (κ3) is 5.59. The molecule has 0 heterocycles. The van der Waals surface area contributed by atoms with Gasteiger partial charge in [-0.3, -0.25) is 13.9 Å². The molecule has 0 saturated heterocycles. The second-order valence-corrected chi connectivity index (χ2v) is 9.38. The number of hydrogen-bond donors (Lipinski definition) is 2. The number of nitrogens with one attached hydrogen (secondary N) is 2. The molecule has 172 valence electrons. The smallest absolute Gasteiger partial charge is 0.264 e. The first-order chi connectivity index (χ1) is 15.9. The van der Waals surface area contributed by atoms with Crippen molar-refractivity contribution in [1.82, 2.24) is 5.32 Å². The Kier molecular flexibility index (Phi) is 7.84. The highest BCUT2D eigenvalue weighted by molar-refractivity contribution is 7.92. The molecule has 2 amide bonds. The van der Waals surface area contributed by atoms with Crippen molar-refractivity contribution in [3.8, 4) is 0 Å². The predicted molar refractivity (Wildman–Crippen MR) is 130 cm³/mol. The SMILES string of the molecule is CCCCNC(=O)c1ccccc1NC(=O)c1ccccc1N(C)S(=O)(=O)c1ccccc1. The highest BCUT2D eigenvalue weighted by Crippen LogP contribution is 2.27. The maximum Gasteiger partial charge on any atom is 0.264 e. The summed E-state index contributed by atoms with van der Waals surface area (Å²) in [6.07, 6.45) is 1.81. The first-order valence-electron chi connectivity index (χ1n) is 10.7. The van der Waals surface area contributed by atoms with Gasteiger partial charge in [-0.2, -0.15) is 0 Å². The van der Waals surface area contributed by atoms with Gasteiger partial charge in [0.05, 0.1) is 27.4 Å². The van der Waals surface area contributed by atoms with E-state index in [4.69, 9.17) is 0 Å². The number of rotatable bonds is 9. The Morgan fingerprint density at radius 1 is 0.818 bits per heavy atom. The third-order valence-electron chi connectivity index (χ3n) is 5.13. The molecule has 0 radical (unpaired) electrons. The molecule has 0 aromatic heterocycles. The Morgan fingerprint density at radius 2 is 1.42 bits per heavy atom. The molecule has 0 bridgehead atoms. The van der Waals surface area contributed by atoms with Crippen LogP contribution in [0, 0.1) is 0 Å². The summed E-state index contributed by atoms with van der Waals surface area (Å²) < 4.78 is 27.2. The summed E-state index contributed by atoms with van der Waals surface area (Å²) in [4.78, 5) is 25.9. The zero-order valence-corrected chi connectivity index (χ0v) is 19.4. The molecule has 3 aromatic rings. The zero-order chi connectivity index (χ0) is 23.8. The molecule has 3 rings (SSSR count). The van der Waals surface area contributed by atoms with Crippen molar-refractivity contribution in [3.63, 3.8) is 0 Å². The number of unbranched alkanes of at least 4 members (excludes halogenated alkanes) is 1. The van der Waals surface area contributed by atoms with Crippen LogP contribution in [-0.2, 0) is 10.0 Å². The van der Waals surface area contributed by atoms with Gasteiger partial charge in [0.2, 0.25) is 0 Å².